The van der Waals surface area contributed by atoms with Gasteiger partial charge in [0.25, 0.3) is 5.56 Å². The third kappa shape index (κ3) is 3.82. The third-order valence-electron chi connectivity index (χ3n) is 4.72. The van der Waals surface area contributed by atoms with E-state index >= 15 is 0 Å². The average molecular weight is 396 g/mol. The number of benzene rings is 1. The molecule has 0 radical (unpaired) electrons. The number of piperazine rings is 1. The highest BCUT2D eigenvalue weighted by atomic mass is 19.1. The first kappa shape index (κ1) is 18.7. The van der Waals surface area contributed by atoms with Crippen LogP contribution in [0.4, 0.5) is 10.3 Å². The van der Waals surface area contributed by atoms with Crippen molar-refractivity contribution in [2.45, 2.75) is 13.0 Å². The standard InChI is InChI=1S/C19H17FN6O3/c20-13-9-21-19(22-10-13)26-8-7-24(11-17(26)28)16(27)5-6-25-12-23-15-4-2-1-3-14(15)18(25)29/h1-4,9-10,12H,5-8,11H2. The van der Waals surface area contributed by atoms with E-state index in [-0.39, 0.29) is 49.4 Å². The summed E-state index contributed by atoms with van der Waals surface area (Å²) in [6, 6.07) is 7.01. The molecule has 1 aliphatic rings. The second-order valence-electron chi connectivity index (χ2n) is 6.57. The predicted octanol–water partition coefficient (Wildman–Crippen LogP) is 0.591. The van der Waals surface area contributed by atoms with Gasteiger partial charge in [-0.25, -0.2) is 19.3 Å². The van der Waals surface area contributed by atoms with Crippen molar-refractivity contribution in [1.82, 2.24) is 24.4 Å². The summed E-state index contributed by atoms with van der Waals surface area (Å²) in [6.07, 6.45) is 3.47. The van der Waals surface area contributed by atoms with Crippen LogP contribution in [0.1, 0.15) is 6.42 Å². The quantitative estimate of drug-likeness (QED) is 0.640. The van der Waals surface area contributed by atoms with Gasteiger partial charge in [0, 0.05) is 26.1 Å². The Hall–Kier alpha value is -3.69. The van der Waals surface area contributed by atoms with E-state index < -0.39 is 5.82 Å². The zero-order valence-corrected chi connectivity index (χ0v) is 15.4. The van der Waals surface area contributed by atoms with Gasteiger partial charge in [0.15, 0.2) is 5.82 Å². The summed E-state index contributed by atoms with van der Waals surface area (Å²) < 4.78 is 14.3. The van der Waals surface area contributed by atoms with E-state index in [2.05, 4.69) is 15.0 Å². The average Bonchev–Trinajstić information content (AvgIpc) is 2.74. The summed E-state index contributed by atoms with van der Waals surface area (Å²) in [6.45, 7) is 0.569. The second-order valence-corrected chi connectivity index (χ2v) is 6.57. The van der Waals surface area contributed by atoms with Crippen molar-refractivity contribution in [3.05, 3.63) is 59.2 Å². The fourth-order valence-electron chi connectivity index (χ4n) is 3.18. The number of amides is 2. The van der Waals surface area contributed by atoms with Gasteiger partial charge >= 0.3 is 0 Å². The van der Waals surface area contributed by atoms with Crippen LogP contribution >= 0.6 is 0 Å². The van der Waals surface area contributed by atoms with E-state index in [0.29, 0.717) is 17.4 Å². The number of anilines is 1. The molecule has 0 saturated carbocycles. The van der Waals surface area contributed by atoms with Crippen LogP contribution in [0, 0.1) is 5.82 Å². The summed E-state index contributed by atoms with van der Waals surface area (Å²) in [5.74, 6) is -1.07. The van der Waals surface area contributed by atoms with E-state index in [1.165, 1.54) is 20.7 Å². The molecule has 0 spiro atoms. The smallest absolute Gasteiger partial charge is 0.261 e. The molecule has 0 atom stereocenters. The Morgan fingerprint density at radius 3 is 2.59 bits per heavy atom. The number of carbonyl (C=O) groups excluding carboxylic acids is 2. The monoisotopic (exact) mass is 396 g/mol. The summed E-state index contributed by atoms with van der Waals surface area (Å²) in [4.78, 5) is 52.0. The molecule has 1 aliphatic heterocycles. The highest BCUT2D eigenvalue weighted by Gasteiger charge is 2.29. The Bertz CT molecular complexity index is 1130. The molecule has 0 aliphatic carbocycles. The molecule has 148 valence electrons. The van der Waals surface area contributed by atoms with Gasteiger partial charge in [0.1, 0.15) is 6.54 Å². The molecule has 10 heteroatoms. The van der Waals surface area contributed by atoms with Crippen molar-refractivity contribution in [1.29, 1.82) is 0 Å². The van der Waals surface area contributed by atoms with Gasteiger partial charge in [-0.1, -0.05) is 12.1 Å². The van der Waals surface area contributed by atoms with Gasteiger partial charge in [-0.05, 0) is 12.1 Å². The zero-order chi connectivity index (χ0) is 20.4. The van der Waals surface area contributed by atoms with E-state index in [4.69, 9.17) is 0 Å². The summed E-state index contributed by atoms with van der Waals surface area (Å²) in [5, 5.41) is 0.491. The molecule has 1 saturated heterocycles. The first-order valence-electron chi connectivity index (χ1n) is 9.03. The minimum Gasteiger partial charge on any atom is -0.332 e. The summed E-state index contributed by atoms with van der Waals surface area (Å²) >= 11 is 0. The predicted molar refractivity (Wildman–Crippen MR) is 102 cm³/mol. The lowest BCUT2D eigenvalue weighted by Gasteiger charge is -2.33. The molecule has 2 amide bonds. The Kier molecular flexibility index (Phi) is 4.98. The molecular weight excluding hydrogens is 379 g/mol. The van der Waals surface area contributed by atoms with Crippen LogP contribution in [0.25, 0.3) is 10.9 Å². The van der Waals surface area contributed by atoms with E-state index in [0.717, 1.165) is 12.4 Å². The van der Waals surface area contributed by atoms with Gasteiger partial charge in [-0.2, -0.15) is 0 Å². The zero-order valence-electron chi connectivity index (χ0n) is 15.4. The van der Waals surface area contributed by atoms with Crippen LogP contribution in [0.3, 0.4) is 0 Å². The number of rotatable bonds is 4. The maximum Gasteiger partial charge on any atom is 0.261 e. The van der Waals surface area contributed by atoms with E-state index in [1.807, 2.05) is 0 Å². The number of fused-ring (bicyclic) bond motifs is 1. The van der Waals surface area contributed by atoms with Gasteiger partial charge in [0.05, 0.1) is 29.6 Å². The van der Waals surface area contributed by atoms with Crippen LogP contribution in [-0.4, -0.2) is 55.9 Å². The van der Waals surface area contributed by atoms with E-state index in [1.54, 1.807) is 24.3 Å². The number of hydrogen-bond acceptors (Lipinski definition) is 6. The number of para-hydroxylation sites is 1. The van der Waals surface area contributed by atoms with Crippen LogP contribution in [0.15, 0.2) is 47.8 Å². The molecule has 0 N–H and O–H groups in total. The van der Waals surface area contributed by atoms with Crippen molar-refractivity contribution in [3.8, 4) is 0 Å². The Labute approximate surface area is 164 Å². The van der Waals surface area contributed by atoms with Crippen LogP contribution in [0.5, 0.6) is 0 Å². The fraction of sp³-hybridized carbons (Fsp3) is 0.263. The molecular formula is C19H17FN6O3. The number of carbonyl (C=O) groups is 2. The summed E-state index contributed by atoms with van der Waals surface area (Å²) in [7, 11) is 0. The normalized spacial score (nSPS) is 14.4. The van der Waals surface area contributed by atoms with Crippen LogP contribution < -0.4 is 10.5 Å². The van der Waals surface area contributed by atoms with Gasteiger partial charge in [-0.3, -0.25) is 23.9 Å². The molecule has 0 unspecified atom stereocenters. The fourth-order valence-corrected chi connectivity index (χ4v) is 3.18. The molecule has 9 nitrogen and oxygen atoms in total. The topological polar surface area (TPSA) is 101 Å². The molecule has 1 aromatic carbocycles. The van der Waals surface area contributed by atoms with Gasteiger partial charge in [-0.15, -0.1) is 0 Å². The van der Waals surface area contributed by atoms with E-state index in [9.17, 15) is 18.8 Å². The first-order chi connectivity index (χ1) is 14.0. The van der Waals surface area contributed by atoms with Crippen molar-refractivity contribution in [2.24, 2.45) is 0 Å². The van der Waals surface area contributed by atoms with Crippen LogP contribution in [-0.2, 0) is 16.1 Å². The highest BCUT2D eigenvalue weighted by molar-refractivity contribution is 5.96. The Morgan fingerprint density at radius 1 is 1.07 bits per heavy atom. The minimum absolute atomic E-state index is 0.0697. The number of aromatic nitrogens is 4. The maximum absolute atomic E-state index is 12.9. The van der Waals surface area contributed by atoms with Gasteiger partial charge in [0.2, 0.25) is 17.8 Å². The molecule has 2 aromatic heterocycles. The molecule has 29 heavy (non-hydrogen) atoms. The van der Waals surface area contributed by atoms with Crippen molar-refractivity contribution >= 4 is 28.7 Å². The second kappa shape index (κ2) is 7.74. The number of hydrogen-bond donors (Lipinski definition) is 0. The molecule has 3 aromatic rings. The molecule has 4 rings (SSSR count). The first-order valence-corrected chi connectivity index (χ1v) is 9.03. The lowest BCUT2D eigenvalue weighted by molar-refractivity contribution is -0.137. The van der Waals surface area contributed by atoms with Crippen molar-refractivity contribution in [2.75, 3.05) is 24.5 Å². The highest BCUT2D eigenvalue weighted by Crippen LogP contribution is 2.13. The minimum atomic E-state index is -0.589. The number of nitrogens with zero attached hydrogens (tertiary/aromatic N) is 6. The summed E-state index contributed by atoms with van der Waals surface area (Å²) in [5.41, 5.74) is 0.391. The number of halogens is 1. The molecule has 1 fully saturated rings. The Morgan fingerprint density at radius 2 is 1.83 bits per heavy atom. The third-order valence-corrected chi connectivity index (χ3v) is 4.72. The molecule has 3 heterocycles. The van der Waals surface area contributed by atoms with Crippen LogP contribution in [0.2, 0.25) is 0 Å². The lowest BCUT2D eigenvalue weighted by atomic mass is 10.2. The largest absolute Gasteiger partial charge is 0.332 e. The molecule has 0 bridgehead atoms. The lowest BCUT2D eigenvalue weighted by Crippen LogP contribution is -2.53. The number of aryl methyl sites for hydroxylation is 1. The Balaban J connectivity index is 1.39. The van der Waals surface area contributed by atoms with Gasteiger partial charge < -0.3 is 4.90 Å². The van der Waals surface area contributed by atoms with Crippen molar-refractivity contribution in [3.63, 3.8) is 0 Å². The SMILES string of the molecule is O=C(CCn1cnc2ccccc2c1=O)N1CCN(c2ncc(F)cn2)C(=O)C1. The maximum atomic E-state index is 12.9. The van der Waals surface area contributed by atoms with Crippen molar-refractivity contribution < 1.29 is 14.0 Å².